The van der Waals surface area contributed by atoms with Gasteiger partial charge < -0.3 is 31.5 Å². The van der Waals surface area contributed by atoms with Gasteiger partial charge in [-0.1, -0.05) is 36.4 Å². The summed E-state index contributed by atoms with van der Waals surface area (Å²) in [7, 11) is 0. The van der Waals surface area contributed by atoms with Gasteiger partial charge in [-0.3, -0.25) is 0 Å². The zero-order valence-electron chi connectivity index (χ0n) is 19.3. The second-order valence-corrected chi connectivity index (χ2v) is 11.4. The number of hydrogen-bond donors (Lipinski definition) is 6. The van der Waals surface area contributed by atoms with Crippen LogP contribution < -0.4 is 21.3 Å². The van der Waals surface area contributed by atoms with Crippen LogP contribution in [0.1, 0.15) is 0 Å². The highest BCUT2D eigenvalue weighted by Crippen LogP contribution is 2.30. The van der Waals surface area contributed by atoms with Crippen molar-refractivity contribution in [3.05, 3.63) is 101 Å². The molecule has 0 fully saturated rings. The van der Waals surface area contributed by atoms with Gasteiger partial charge in [-0.25, -0.2) is 9.59 Å². The van der Waals surface area contributed by atoms with E-state index in [2.05, 4.69) is 53.1 Å². The van der Waals surface area contributed by atoms with Gasteiger partial charge in [0.05, 0.1) is 29.9 Å². The van der Waals surface area contributed by atoms with Crippen molar-refractivity contribution >= 4 is 112 Å². The van der Waals surface area contributed by atoms with Crippen LogP contribution in [0.4, 0.5) is 32.3 Å². The van der Waals surface area contributed by atoms with Crippen LogP contribution in [-0.4, -0.2) is 22.3 Å². The Morgan fingerprint density at radius 2 is 0.842 bits per heavy atom. The van der Waals surface area contributed by atoms with E-state index in [1.807, 2.05) is 81.6 Å². The predicted octanol–water partition coefficient (Wildman–Crippen LogP) is 8.81. The second kappa shape index (κ2) is 14.6. The minimum absolute atomic E-state index is 0.0605. The fourth-order valence-electron chi connectivity index (χ4n) is 2.91. The summed E-state index contributed by atoms with van der Waals surface area (Å²) >= 11 is 10.7. The van der Waals surface area contributed by atoms with Crippen molar-refractivity contribution in [3.8, 4) is 11.5 Å². The molecular formula is C26H20Br2I2N4O4. The monoisotopic (exact) mass is 864 g/mol. The number of aromatic hydroxyl groups is 2. The Hall–Kier alpha value is -2.56. The zero-order chi connectivity index (χ0) is 27.7. The van der Waals surface area contributed by atoms with E-state index in [9.17, 15) is 19.8 Å². The largest absolute Gasteiger partial charge is 0.505 e. The SMILES string of the molecule is O=C(Nc1ccccc1Br)Nc1cccc(I)c1O.O=C(Nc1ccccc1Br)Nc1cccc(I)c1O. The number of nitrogens with one attached hydrogen (secondary N) is 4. The third kappa shape index (κ3) is 8.74. The molecule has 8 nitrogen and oxygen atoms in total. The van der Waals surface area contributed by atoms with E-state index in [4.69, 9.17) is 0 Å². The van der Waals surface area contributed by atoms with Crippen LogP contribution in [0.15, 0.2) is 93.9 Å². The number of hydrogen-bond acceptors (Lipinski definition) is 4. The number of halogens is 4. The summed E-state index contributed by atoms with van der Waals surface area (Å²) in [6.07, 6.45) is 0. The molecule has 0 saturated heterocycles. The third-order valence-corrected chi connectivity index (χ3v) is 7.84. The number of para-hydroxylation sites is 4. The molecule has 4 aromatic carbocycles. The number of rotatable bonds is 4. The van der Waals surface area contributed by atoms with Crippen LogP contribution in [0.5, 0.6) is 11.5 Å². The summed E-state index contributed by atoms with van der Waals surface area (Å²) in [6.45, 7) is 0. The number of amides is 4. The molecule has 0 aliphatic carbocycles. The maximum Gasteiger partial charge on any atom is 0.323 e. The van der Waals surface area contributed by atoms with E-state index < -0.39 is 12.1 Å². The first-order valence-corrected chi connectivity index (χ1v) is 14.5. The van der Waals surface area contributed by atoms with Crippen LogP contribution in [0.3, 0.4) is 0 Å². The van der Waals surface area contributed by atoms with Crippen LogP contribution in [0, 0.1) is 7.14 Å². The third-order valence-electron chi connectivity index (χ3n) is 4.71. The van der Waals surface area contributed by atoms with Crippen LogP contribution in [0.2, 0.25) is 0 Å². The van der Waals surface area contributed by atoms with Crippen molar-refractivity contribution in [2.45, 2.75) is 0 Å². The van der Waals surface area contributed by atoms with E-state index >= 15 is 0 Å². The van der Waals surface area contributed by atoms with Crippen LogP contribution >= 0.6 is 77.0 Å². The molecule has 0 aliphatic heterocycles. The van der Waals surface area contributed by atoms with Crippen molar-refractivity contribution in [1.29, 1.82) is 0 Å². The van der Waals surface area contributed by atoms with Gasteiger partial charge in [0, 0.05) is 8.95 Å². The standard InChI is InChI=1S/2C13H10BrIN2O2/c2*14-8-4-1-2-6-10(8)16-13(19)17-11-7-3-5-9(15)12(11)18/h2*1-7,18H,(H2,16,17,19). The normalized spacial score (nSPS) is 10.0. The molecule has 0 spiro atoms. The van der Waals surface area contributed by atoms with Gasteiger partial charge in [0.15, 0.2) is 11.5 Å². The summed E-state index contributed by atoms with van der Waals surface area (Å²) in [5.74, 6) is 0.121. The molecule has 4 rings (SSSR count). The minimum atomic E-state index is -0.413. The van der Waals surface area contributed by atoms with Crippen molar-refractivity contribution in [3.63, 3.8) is 0 Å². The first-order chi connectivity index (χ1) is 18.2. The van der Waals surface area contributed by atoms with Gasteiger partial charge in [0.1, 0.15) is 0 Å². The van der Waals surface area contributed by atoms with Crippen molar-refractivity contribution in [1.82, 2.24) is 0 Å². The quantitative estimate of drug-likeness (QED) is 0.0908. The van der Waals surface area contributed by atoms with Gasteiger partial charge in [-0.15, -0.1) is 0 Å². The predicted molar refractivity (Wildman–Crippen MR) is 175 cm³/mol. The molecule has 0 saturated carbocycles. The first kappa shape index (κ1) is 30.0. The molecule has 0 heterocycles. The molecule has 6 N–H and O–H groups in total. The van der Waals surface area contributed by atoms with E-state index in [1.54, 1.807) is 48.5 Å². The van der Waals surface area contributed by atoms with Crippen molar-refractivity contribution < 1.29 is 19.8 Å². The molecule has 0 bridgehead atoms. The van der Waals surface area contributed by atoms with Gasteiger partial charge in [-0.05, 0) is 126 Å². The van der Waals surface area contributed by atoms with Gasteiger partial charge in [0.2, 0.25) is 0 Å². The summed E-state index contributed by atoms with van der Waals surface area (Å²) in [6, 6.07) is 24.1. The Labute approximate surface area is 263 Å². The number of phenolic OH excluding ortho intramolecular Hbond substituents is 2. The van der Waals surface area contributed by atoms with Gasteiger partial charge >= 0.3 is 12.1 Å². The average Bonchev–Trinajstić information content (AvgIpc) is 2.88. The molecule has 38 heavy (non-hydrogen) atoms. The summed E-state index contributed by atoms with van der Waals surface area (Å²) in [5.41, 5.74) is 2.06. The average molecular weight is 866 g/mol. The number of phenols is 2. The number of urea groups is 2. The Balaban J connectivity index is 0.000000211. The lowest BCUT2D eigenvalue weighted by atomic mass is 10.3. The van der Waals surface area contributed by atoms with Crippen molar-refractivity contribution in [2.24, 2.45) is 0 Å². The highest BCUT2D eigenvalue weighted by atomic mass is 127. The van der Waals surface area contributed by atoms with Gasteiger partial charge in [0.25, 0.3) is 0 Å². The number of carbonyl (C=O) groups excluding carboxylic acids is 2. The fourth-order valence-corrected chi connectivity index (χ4v) is 4.67. The second-order valence-electron chi connectivity index (χ2n) is 7.39. The lowest BCUT2D eigenvalue weighted by Crippen LogP contribution is -2.19. The van der Waals surface area contributed by atoms with E-state index in [-0.39, 0.29) is 11.5 Å². The Kier molecular flexibility index (Phi) is 11.5. The molecular weight excluding hydrogens is 846 g/mol. The lowest BCUT2D eigenvalue weighted by molar-refractivity contribution is 0.261. The lowest BCUT2D eigenvalue weighted by Gasteiger charge is -2.10. The number of benzene rings is 4. The number of carbonyl (C=O) groups is 2. The highest BCUT2D eigenvalue weighted by molar-refractivity contribution is 14.1. The Morgan fingerprint density at radius 1 is 0.526 bits per heavy atom. The van der Waals surface area contributed by atoms with E-state index in [0.29, 0.717) is 29.9 Å². The fraction of sp³-hybridized carbons (Fsp3) is 0. The maximum absolute atomic E-state index is 11.8. The maximum atomic E-state index is 11.8. The van der Waals surface area contributed by atoms with Crippen LogP contribution in [0.25, 0.3) is 0 Å². The summed E-state index contributed by atoms with van der Waals surface area (Å²) in [5, 5.41) is 30.2. The highest BCUT2D eigenvalue weighted by Gasteiger charge is 2.11. The van der Waals surface area contributed by atoms with E-state index in [0.717, 1.165) is 8.95 Å². The Bertz CT molecular complexity index is 1350. The zero-order valence-corrected chi connectivity index (χ0v) is 26.8. The minimum Gasteiger partial charge on any atom is -0.505 e. The van der Waals surface area contributed by atoms with Crippen LogP contribution in [-0.2, 0) is 0 Å². The topological polar surface area (TPSA) is 123 Å². The first-order valence-electron chi connectivity index (χ1n) is 10.8. The molecule has 0 aliphatic rings. The molecule has 0 aromatic heterocycles. The smallest absolute Gasteiger partial charge is 0.323 e. The van der Waals surface area contributed by atoms with Crippen molar-refractivity contribution in [2.75, 3.05) is 21.3 Å². The van der Waals surface area contributed by atoms with E-state index in [1.165, 1.54) is 0 Å². The summed E-state index contributed by atoms with van der Waals surface area (Å²) < 4.78 is 2.93. The molecule has 196 valence electrons. The molecule has 4 aromatic rings. The Morgan fingerprint density at radius 3 is 1.21 bits per heavy atom. The van der Waals surface area contributed by atoms with Gasteiger partial charge in [-0.2, -0.15) is 0 Å². The molecule has 0 radical (unpaired) electrons. The molecule has 4 amide bonds. The molecule has 0 atom stereocenters. The summed E-state index contributed by atoms with van der Waals surface area (Å²) in [4.78, 5) is 23.7. The molecule has 0 unspecified atom stereocenters. The number of anilines is 4. The molecule has 12 heteroatoms.